The molecule has 2 aliphatic heterocycles. The van der Waals surface area contributed by atoms with Gasteiger partial charge in [0.2, 0.25) is 5.91 Å². The Hall–Kier alpha value is -1.89. The number of amides is 1. The SMILES string of the molecule is CCC(=O)N1CCN(c2cc(N3CCOCC3)cnn2)CC1. The Morgan fingerprint density at radius 3 is 2.55 bits per heavy atom. The quantitative estimate of drug-likeness (QED) is 0.804. The smallest absolute Gasteiger partial charge is 0.222 e. The standard InChI is InChI=1S/C15H23N5O2/c1-2-15(21)20-5-3-19(4-6-20)14-11-13(12-16-17-14)18-7-9-22-10-8-18/h11-12H,2-10H2,1H3. The number of carbonyl (C=O) groups is 1. The number of carbonyl (C=O) groups excluding carboxylic acids is 1. The molecule has 1 amide bonds. The van der Waals surface area contributed by atoms with Gasteiger partial charge in [0.1, 0.15) is 0 Å². The van der Waals surface area contributed by atoms with E-state index in [2.05, 4.69) is 26.1 Å². The van der Waals surface area contributed by atoms with Crippen molar-refractivity contribution >= 4 is 17.4 Å². The van der Waals surface area contributed by atoms with Gasteiger partial charge in [-0.3, -0.25) is 4.79 Å². The molecule has 0 bridgehead atoms. The van der Waals surface area contributed by atoms with Gasteiger partial charge in [-0.15, -0.1) is 5.10 Å². The second-order valence-electron chi connectivity index (χ2n) is 5.59. The summed E-state index contributed by atoms with van der Waals surface area (Å²) in [5, 5.41) is 8.41. The highest BCUT2D eigenvalue weighted by atomic mass is 16.5. The number of rotatable bonds is 3. The van der Waals surface area contributed by atoms with Crippen molar-refractivity contribution in [2.24, 2.45) is 0 Å². The van der Waals surface area contributed by atoms with Crippen molar-refractivity contribution in [2.75, 3.05) is 62.3 Å². The molecule has 0 radical (unpaired) electrons. The van der Waals surface area contributed by atoms with E-state index in [4.69, 9.17) is 4.74 Å². The normalized spacial score (nSPS) is 19.4. The molecule has 0 spiro atoms. The minimum absolute atomic E-state index is 0.229. The van der Waals surface area contributed by atoms with Crippen molar-refractivity contribution in [2.45, 2.75) is 13.3 Å². The summed E-state index contributed by atoms with van der Waals surface area (Å²) in [5.41, 5.74) is 1.10. The Morgan fingerprint density at radius 1 is 1.14 bits per heavy atom. The molecule has 1 aromatic rings. The topological polar surface area (TPSA) is 61.8 Å². The first-order valence-corrected chi connectivity index (χ1v) is 7.96. The summed E-state index contributed by atoms with van der Waals surface area (Å²) in [4.78, 5) is 18.1. The Balaban J connectivity index is 1.64. The average molecular weight is 305 g/mol. The van der Waals surface area contributed by atoms with Crippen LogP contribution >= 0.6 is 0 Å². The monoisotopic (exact) mass is 305 g/mol. The number of ether oxygens (including phenoxy) is 1. The van der Waals surface area contributed by atoms with E-state index < -0.39 is 0 Å². The molecule has 7 heteroatoms. The molecule has 0 aromatic carbocycles. The molecule has 0 N–H and O–H groups in total. The number of anilines is 2. The van der Waals surface area contributed by atoms with E-state index in [1.165, 1.54) is 0 Å². The average Bonchev–Trinajstić information content (AvgIpc) is 2.62. The van der Waals surface area contributed by atoms with Gasteiger partial charge in [0, 0.05) is 51.8 Å². The zero-order valence-electron chi connectivity index (χ0n) is 13.1. The highest BCUT2D eigenvalue weighted by Crippen LogP contribution is 2.21. The van der Waals surface area contributed by atoms with Crippen molar-refractivity contribution < 1.29 is 9.53 Å². The summed E-state index contributed by atoms with van der Waals surface area (Å²) < 4.78 is 5.39. The molecular weight excluding hydrogens is 282 g/mol. The summed E-state index contributed by atoms with van der Waals surface area (Å²) in [6.45, 7) is 8.36. The highest BCUT2D eigenvalue weighted by molar-refractivity contribution is 5.76. The van der Waals surface area contributed by atoms with Crippen molar-refractivity contribution in [1.29, 1.82) is 0 Å². The fourth-order valence-electron chi connectivity index (χ4n) is 2.90. The lowest BCUT2D eigenvalue weighted by molar-refractivity contribution is -0.131. The minimum Gasteiger partial charge on any atom is -0.378 e. The number of piperazine rings is 1. The molecule has 2 fully saturated rings. The first kappa shape index (κ1) is 15.0. The van der Waals surface area contributed by atoms with Crippen LogP contribution in [-0.4, -0.2) is 73.5 Å². The number of hydrogen-bond acceptors (Lipinski definition) is 6. The van der Waals surface area contributed by atoms with E-state index in [1.807, 2.05) is 18.0 Å². The molecule has 22 heavy (non-hydrogen) atoms. The van der Waals surface area contributed by atoms with Crippen LogP contribution in [0.25, 0.3) is 0 Å². The van der Waals surface area contributed by atoms with E-state index in [0.29, 0.717) is 6.42 Å². The molecule has 2 aliphatic rings. The third-order valence-corrected chi connectivity index (χ3v) is 4.26. The fourth-order valence-corrected chi connectivity index (χ4v) is 2.90. The number of morpholine rings is 1. The van der Waals surface area contributed by atoms with Gasteiger partial charge in [-0.05, 0) is 0 Å². The van der Waals surface area contributed by atoms with Crippen LogP contribution in [0.3, 0.4) is 0 Å². The summed E-state index contributed by atoms with van der Waals surface area (Å²) in [6.07, 6.45) is 2.39. The van der Waals surface area contributed by atoms with Gasteiger partial charge < -0.3 is 19.4 Å². The van der Waals surface area contributed by atoms with Gasteiger partial charge in [-0.2, -0.15) is 5.10 Å². The third-order valence-electron chi connectivity index (χ3n) is 4.26. The highest BCUT2D eigenvalue weighted by Gasteiger charge is 2.22. The molecule has 2 saturated heterocycles. The molecule has 120 valence electrons. The Bertz CT molecular complexity index is 510. The first-order chi connectivity index (χ1) is 10.8. The lowest BCUT2D eigenvalue weighted by Crippen LogP contribution is -2.49. The van der Waals surface area contributed by atoms with Gasteiger partial charge in [0.05, 0.1) is 25.1 Å². The molecule has 3 heterocycles. The Labute approximate surface area is 130 Å². The van der Waals surface area contributed by atoms with Gasteiger partial charge in [0.25, 0.3) is 0 Å². The Morgan fingerprint density at radius 2 is 1.86 bits per heavy atom. The second-order valence-corrected chi connectivity index (χ2v) is 5.59. The van der Waals surface area contributed by atoms with Crippen LogP contribution in [0.5, 0.6) is 0 Å². The van der Waals surface area contributed by atoms with E-state index in [9.17, 15) is 4.79 Å². The third kappa shape index (κ3) is 3.30. The number of nitrogens with zero attached hydrogens (tertiary/aromatic N) is 5. The summed E-state index contributed by atoms with van der Waals surface area (Å²) in [6, 6.07) is 2.09. The van der Waals surface area contributed by atoms with Crippen LogP contribution < -0.4 is 9.80 Å². The molecule has 1 aromatic heterocycles. The van der Waals surface area contributed by atoms with Crippen molar-refractivity contribution in [1.82, 2.24) is 15.1 Å². The van der Waals surface area contributed by atoms with Crippen LogP contribution in [0, 0.1) is 0 Å². The number of aromatic nitrogens is 2. The molecule has 3 rings (SSSR count). The summed E-state index contributed by atoms with van der Waals surface area (Å²) >= 11 is 0. The van der Waals surface area contributed by atoms with E-state index in [0.717, 1.165) is 64.0 Å². The van der Waals surface area contributed by atoms with E-state index in [1.54, 1.807) is 0 Å². The van der Waals surface area contributed by atoms with Gasteiger partial charge in [0.15, 0.2) is 5.82 Å². The van der Waals surface area contributed by atoms with Gasteiger partial charge in [-0.1, -0.05) is 6.92 Å². The Kier molecular flexibility index (Phi) is 4.72. The maximum absolute atomic E-state index is 11.7. The largest absolute Gasteiger partial charge is 0.378 e. The lowest BCUT2D eigenvalue weighted by Gasteiger charge is -2.35. The van der Waals surface area contributed by atoms with E-state index in [-0.39, 0.29) is 5.91 Å². The summed E-state index contributed by atoms with van der Waals surface area (Å²) in [7, 11) is 0. The second kappa shape index (κ2) is 6.91. The van der Waals surface area contributed by atoms with Crippen LogP contribution in [0.1, 0.15) is 13.3 Å². The van der Waals surface area contributed by atoms with Crippen LogP contribution in [-0.2, 0) is 9.53 Å². The molecule has 7 nitrogen and oxygen atoms in total. The van der Waals surface area contributed by atoms with Crippen molar-refractivity contribution in [3.05, 3.63) is 12.3 Å². The van der Waals surface area contributed by atoms with Gasteiger partial charge >= 0.3 is 0 Å². The van der Waals surface area contributed by atoms with Crippen LogP contribution in [0.4, 0.5) is 11.5 Å². The van der Waals surface area contributed by atoms with Crippen molar-refractivity contribution in [3.63, 3.8) is 0 Å². The lowest BCUT2D eigenvalue weighted by atomic mass is 10.2. The predicted octanol–water partition coefficient (Wildman–Crippen LogP) is 0.372. The first-order valence-electron chi connectivity index (χ1n) is 7.96. The van der Waals surface area contributed by atoms with E-state index >= 15 is 0 Å². The van der Waals surface area contributed by atoms with Crippen molar-refractivity contribution in [3.8, 4) is 0 Å². The maximum atomic E-state index is 11.7. The zero-order chi connectivity index (χ0) is 15.4. The fraction of sp³-hybridized carbons (Fsp3) is 0.667. The predicted molar refractivity (Wildman–Crippen MR) is 84.1 cm³/mol. The van der Waals surface area contributed by atoms with Crippen LogP contribution in [0.2, 0.25) is 0 Å². The molecule has 0 saturated carbocycles. The summed E-state index contributed by atoms with van der Waals surface area (Å²) in [5.74, 6) is 1.13. The molecular formula is C15H23N5O2. The maximum Gasteiger partial charge on any atom is 0.222 e. The zero-order valence-corrected chi connectivity index (χ0v) is 13.1. The van der Waals surface area contributed by atoms with Gasteiger partial charge in [-0.25, -0.2) is 0 Å². The van der Waals surface area contributed by atoms with Crippen LogP contribution in [0.15, 0.2) is 12.3 Å². The minimum atomic E-state index is 0.229. The molecule has 0 unspecified atom stereocenters. The number of hydrogen-bond donors (Lipinski definition) is 0. The molecule has 0 aliphatic carbocycles. The molecule has 0 atom stereocenters.